The van der Waals surface area contributed by atoms with Crippen LogP contribution in [0.3, 0.4) is 0 Å². The number of hydrogen-bond acceptors (Lipinski definition) is 6. The normalized spacial score (nSPS) is 10.8. The van der Waals surface area contributed by atoms with Crippen molar-refractivity contribution in [1.82, 2.24) is 24.9 Å². The zero-order valence-corrected chi connectivity index (χ0v) is 15.1. The molecule has 3 heterocycles. The summed E-state index contributed by atoms with van der Waals surface area (Å²) >= 11 is 0. The predicted molar refractivity (Wildman–Crippen MR) is 100 cm³/mol. The summed E-state index contributed by atoms with van der Waals surface area (Å²) in [5.41, 5.74) is 3.26. The first kappa shape index (κ1) is 17.9. The van der Waals surface area contributed by atoms with Gasteiger partial charge in [0, 0.05) is 24.2 Å². The number of nitrogens with zero attached hydrogens (tertiary/aromatic N) is 4. The van der Waals surface area contributed by atoms with E-state index < -0.39 is 0 Å². The number of hydrogen-bond donors (Lipinski definition) is 1. The highest BCUT2D eigenvalue weighted by molar-refractivity contribution is 5.69. The second-order valence-corrected chi connectivity index (χ2v) is 5.66. The Hall–Kier alpha value is -2.93. The van der Waals surface area contributed by atoms with Crippen molar-refractivity contribution < 1.29 is 9.47 Å². The van der Waals surface area contributed by atoms with Gasteiger partial charge in [0.15, 0.2) is 5.65 Å². The molecule has 3 aromatic heterocycles. The fourth-order valence-electron chi connectivity index (χ4n) is 2.57. The third-order valence-electron chi connectivity index (χ3n) is 3.87. The molecule has 0 atom stereocenters. The molecule has 7 heteroatoms. The minimum atomic E-state index is 0.529. The third kappa shape index (κ3) is 3.83. The van der Waals surface area contributed by atoms with E-state index in [1.54, 1.807) is 24.0 Å². The highest BCUT2D eigenvalue weighted by Crippen LogP contribution is 2.31. The minimum Gasteiger partial charge on any atom is -0.494 e. The van der Waals surface area contributed by atoms with Crippen molar-refractivity contribution in [3.05, 3.63) is 48.9 Å². The molecule has 0 fully saturated rings. The quantitative estimate of drug-likeness (QED) is 0.471. The lowest BCUT2D eigenvalue weighted by molar-refractivity contribution is 0.304. The second-order valence-electron chi connectivity index (χ2n) is 5.66. The fourth-order valence-corrected chi connectivity index (χ4v) is 2.57. The van der Waals surface area contributed by atoms with E-state index in [4.69, 9.17) is 14.5 Å². The lowest BCUT2D eigenvalue weighted by Crippen LogP contribution is -2.13. The van der Waals surface area contributed by atoms with Gasteiger partial charge in [-0.15, -0.1) is 6.58 Å². The molecule has 0 amide bonds. The molecular weight excluding hydrogens is 330 g/mol. The molecule has 0 spiro atoms. The number of aromatic nitrogens is 4. The molecular formula is C19H23N5O2. The molecule has 0 aliphatic heterocycles. The summed E-state index contributed by atoms with van der Waals surface area (Å²) in [5.74, 6) is 1.29. The van der Waals surface area contributed by atoms with E-state index in [-0.39, 0.29) is 0 Å². The number of methoxy groups -OCH3 is 1. The number of fused-ring (bicyclic) bond motifs is 1. The largest absolute Gasteiger partial charge is 0.494 e. The fraction of sp³-hybridized carbons (Fsp3) is 0.316. The van der Waals surface area contributed by atoms with Gasteiger partial charge in [0.25, 0.3) is 0 Å². The van der Waals surface area contributed by atoms with Gasteiger partial charge in [0.05, 0.1) is 37.5 Å². The summed E-state index contributed by atoms with van der Waals surface area (Å²) in [6, 6.07) is 5.71. The van der Waals surface area contributed by atoms with E-state index in [0.29, 0.717) is 30.4 Å². The Morgan fingerprint density at radius 3 is 3.00 bits per heavy atom. The Balaban J connectivity index is 2.04. The van der Waals surface area contributed by atoms with Crippen LogP contribution in [0.5, 0.6) is 11.6 Å². The molecule has 0 bridgehead atoms. The average Bonchev–Trinajstić information content (AvgIpc) is 3.15. The maximum Gasteiger partial charge on any atom is 0.218 e. The van der Waals surface area contributed by atoms with Crippen molar-refractivity contribution in [2.45, 2.75) is 19.9 Å². The minimum absolute atomic E-state index is 0.529. The first-order valence-corrected chi connectivity index (χ1v) is 8.59. The third-order valence-corrected chi connectivity index (χ3v) is 3.87. The first-order valence-electron chi connectivity index (χ1n) is 8.59. The zero-order valence-electron chi connectivity index (χ0n) is 15.1. The van der Waals surface area contributed by atoms with Gasteiger partial charge in [-0.1, -0.05) is 13.0 Å². The van der Waals surface area contributed by atoms with Crippen molar-refractivity contribution in [3.8, 4) is 22.9 Å². The Morgan fingerprint density at radius 1 is 1.35 bits per heavy atom. The maximum atomic E-state index is 5.87. The summed E-state index contributed by atoms with van der Waals surface area (Å²) in [6.45, 7) is 7.88. The van der Waals surface area contributed by atoms with Gasteiger partial charge in [-0.25, -0.2) is 4.98 Å². The summed E-state index contributed by atoms with van der Waals surface area (Å²) in [5, 5.41) is 7.56. The van der Waals surface area contributed by atoms with Crippen LogP contribution in [0.4, 0.5) is 0 Å². The topological polar surface area (TPSA) is 73.6 Å². The second kappa shape index (κ2) is 8.44. The van der Waals surface area contributed by atoms with Crippen molar-refractivity contribution in [2.24, 2.45) is 0 Å². The Kier molecular flexibility index (Phi) is 5.80. The van der Waals surface area contributed by atoms with E-state index in [2.05, 4.69) is 28.9 Å². The van der Waals surface area contributed by atoms with Gasteiger partial charge >= 0.3 is 0 Å². The van der Waals surface area contributed by atoms with Gasteiger partial charge in [-0.2, -0.15) is 9.61 Å². The smallest absolute Gasteiger partial charge is 0.218 e. The summed E-state index contributed by atoms with van der Waals surface area (Å²) in [7, 11) is 1.63. The maximum absolute atomic E-state index is 5.87. The van der Waals surface area contributed by atoms with Crippen LogP contribution in [0.2, 0.25) is 0 Å². The van der Waals surface area contributed by atoms with Crippen LogP contribution >= 0.6 is 0 Å². The van der Waals surface area contributed by atoms with Gasteiger partial charge in [-0.3, -0.25) is 4.98 Å². The Morgan fingerprint density at radius 2 is 2.23 bits per heavy atom. The van der Waals surface area contributed by atoms with E-state index >= 15 is 0 Å². The lowest BCUT2D eigenvalue weighted by atomic mass is 10.1. The monoisotopic (exact) mass is 353 g/mol. The molecule has 26 heavy (non-hydrogen) atoms. The molecule has 3 aromatic rings. The molecule has 3 rings (SSSR count). The lowest BCUT2D eigenvalue weighted by Gasteiger charge is -2.13. The number of ether oxygens (including phenoxy) is 2. The Bertz CT molecular complexity index is 891. The van der Waals surface area contributed by atoms with Crippen LogP contribution in [0, 0.1) is 0 Å². The van der Waals surface area contributed by atoms with Crippen LogP contribution in [-0.4, -0.2) is 39.8 Å². The highest BCUT2D eigenvalue weighted by Gasteiger charge is 2.14. The summed E-state index contributed by atoms with van der Waals surface area (Å²) < 4.78 is 13.0. The summed E-state index contributed by atoms with van der Waals surface area (Å²) in [6.07, 6.45) is 6.00. The van der Waals surface area contributed by atoms with Gasteiger partial charge in [0.2, 0.25) is 5.88 Å². The molecule has 0 saturated carbocycles. The van der Waals surface area contributed by atoms with E-state index in [1.807, 2.05) is 24.3 Å². The van der Waals surface area contributed by atoms with E-state index in [0.717, 1.165) is 29.9 Å². The predicted octanol–water partition coefficient (Wildman–Crippen LogP) is 2.86. The number of nitrogens with one attached hydrogen (secondary N) is 1. The van der Waals surface area contributed by atoms with Crippen LogP contribution in [-0.2, 0) is 6.54 Å². The number of pyridine rings is 1. The molecule has 0 aromatic carbocycles. The van der Waals surface area contributed by atoms with Crippen molar-refractivity contribution >= 4 is 5.65 Å². The molecule has 0 aliphatic rings. The standard InChI is InChI=1S/C19H23N5O2/c1-4-6-9-26-19-11-16(23-18-7-8-22-24(18)19)15-10-14(12-20-5-2)21-13-17(15)25-3/h4,7-8,10-11,13,20H,1,5-6,9,12H2,2-3H3. The number of rotatable bonds is 9. The molecule has 0 unspecified atom stereocenters. The van der Waals surface area contributed by atoms with E-state index in [1.165, 1.54) is 0 Å². The van der Waals surface area contributed by atoms with Crippen LogP contribution < -0.4 is 14.8 Å². The first-order chi connectivity index (χ1) is 12.8. The van der Waals surface area contributed by atoms with Crippen LogP contribution in [0.1, 0.15) is 19.0 Å². The molecule has 1 N–H and O–H groups in total. The van der Waals surface area contributed by atoms with Crippen molar-refractivity contribution in [2.75, 3.05) is 20.3 Å². The summed E-state index contributed by atoms with van der Waals surface area (Å²) in [4.78, 5) is 9.13. The van der Waals surface area contributed by atoms with Crippen LogP contribution in [0.25, 0.3) is 16.9 Å². The molecule has 7 nitrogen and oxygen atoms in total. The van der Waals surface area contributed by atoms with Gasteiger partial charge in [0.1, 0.15) is 5.75 Å². The van der Waals surface area contributed by atoms with Crippen molar-refractivity contribution in [1.29, 1.82) is 0 Å². The van der Waals surface area contributed by atoms with E-state index in [9.17, 15) is 0 Å². The van der Waals surface area contributed by atoms with Crippen molar-refractivity contribution in [3.63, 3.8) is 0 Å². The molecule has 0 aliphatic carbocycles. The zero-order chi connectivity index (χ0) is 18.4. The molecule has 0 radical (unpaired) electrons. The SMILES string of the molecule is C=CCCOc1cc(-c2cc(CNCC)ncc2OC)nc2ccnn12. The van der Waals surface area contributed by atoms with Gasteiger partial charge < -0.3 is 14.8 Å². The van der Waals surface area contributed by atoms with Gasteiger partial charge in [-0.05, 0) is 19.0 Å². The molecule has 136 valence electrons. The van der Waals surface area contributed by atoms with Crippen LogP contribution in [0.15, 0.2) is 43.2 Å². The molecule has 0 saturated heterocycles. The average molecular weight is 353 g/mol. The Labute approximate surface area is 152 Å². The highest BCUT2D eigenvalue weighted by atomic mass is 16.5.